The largest absolute Gasteiger partial charge is 0.356 e. The minimum atomic E-state index is 0.284. The average Bonchev–Trinajstić information content (AvgIpc) is 2.97. The van der Waals surface area contributed by atoms with Gasteiger partial charge >= 0.3 is 0 Å². The Hall–Kier alpha value is -0.570. The topological polar surface area (TPSA) is 41.1 Å². The first-order chi connectivity index (χ1) is 7.27. The van der Waals surface area contributed by atoms with E-state index in [-0.39, 0.29) is 5.91 Å². The minimum absolute atomic E-state index is 0.284. The third-order valence-electron chi connectivity index (χ3n) is 3.70. The van der Waals surface area contributed by atoms with Crippen molar-refractivity contribution in [3.63, 3.8) is 0 Å². The first-order valence-corrected chi connectivity index (χ1v) is 6.26. The van der Waals surface area contributed by atoms with E-state index < -0.39 is 0 Å². The first-order valence-electron chi connectivity index (χ1n) is 6.26. The summed E-state index contributed by atoms with van der Waals surface area (Å²) in [4.78, 5) is 11.5. The molecule has 3 unspecified atom stereocenters. The molecule has 0 bridgehead atoms. The van der Waals surface area contributed by atoms with E-state index in [4.69, 9.17) is 0 Å². The van der Waals surface area contributed by atoms with Crippen LogP contribution in [-0.2, 0) is 4.79 Å². The van der Waals surface area contributed by atoms with Crippen molar-refractivity contribution in [3.8, 4) is 0 Å². The number of piperidine rings is 1. The van der Waals surface area contributed by atoms with Gasteiger partial charge in [0.15, 0.2) is 0 Å². The Balaban J connectivity index is 1.56. The zero-order valence-electron chi connectivity index (χ0n) is 9.59. The summed E-state index contributed by atoms with van der Waals surface area (Å²) in [5.41, 5.74) is 0. The molecule has 2 N–H and O–H groups in total. The van der Waals surface area contributed by atoms with E-state index in [0.717, 1.165) is 31.8 Å². The number of carbonyl (C=O) groups is 1. The monoisotopic (exact) mass is 210 g/mol. The first kappa shape index (κ1) is 10.9. The molecule has 1 aliphatic heterocycles. The molecule has 1 amide bonds. The van der Waals surface area contributed by atoms with Gasteiger partial charge in [-0.1, -0.05) is 6.92 Å². The summed E-state index contributed by atoms with van der Waals surface area (Å²) in [6.45, 7) is 5.32. The van der Waals surface area contributed by atoms with Crippen LogP contribution in [-0.4, -0.2) is 25.5 Å². The van der Waals surface area contributed by atoms with Gasteiger partial charge < -0.3 is 10.6 Å². The second-order valence-corrected chi connectivity index (χ2v) is 5.11. The molecule has 3 atom stereocenters. The van der Waals surface area contributed by atoms with Crippen LogP contribution in [0.25, 0.3) is 0 Å². The highest BCUT2D eigenvalue weighted by atomic mass is 16.2. The van der Waals surface area contributed by atoms with Crippen LogP contribution in [0.1, 0.15) is 32.6 Å². The second-order valence-electron chi connectivity index (χ2n) is 5.11. The van der Waals surface area contributed by atoms with Crippen LogP contribution in [0.2, 0.25) is 0 Å². The Morgan fingerprint density at radius 2 is 2.33 bits per heavy atom. The Morgan fingerprint density at radius 3 is 2.93 bits per heavy atom. The van der Waals surface area contributed by atoms with Crippen molar-refractivity contribution in [2.45, 2.75) is 32.6 Å². The van der Waals surface area contributed by atoms with E-state index in [1.807, 2.05) is 0 Å². The van der Waals surface area contributed by atoms with E-state index in [0.29, 0.717) is 11.8 Å². The van der Waals surface area contributed by atoms with Crippen LogP contribution < -0.4 is 10.6 Å². The zero-order valence-corrected chi connectivity index (χ0v) is 9.59. The molecule has 1 heterocycles. The van der Waals surface area contributed by atoms with Gasteiger partial charge in [0.05, 0.1) is 0 Å². The lowest BCUT2D eigenvalue weighted by molar-refractivity contribution is -0.122. The number of hydrogen-bond donors (Lipinski definition) is 2. The molecule has 0 spiro atoms. The quantitative estimate of drug-likeness (QED) is 0.731. The predicted octanol–water partition coefficient (Wildman–Crippen LogP) is 1.15. The fourth-order valence-electron chi connectivity index (χ4n) is 2.39. The molecule has 1 aliphatic carbocycles. The minimum Gasteiger partial charge on any atom is -0.356 e. The van der Waals surface area contributed by atoms with Crippen molar-refractivity contribution in [1.82, 2.24) is 10.6 Å². The molecule has 0 aromatic carbocycles. The summed E-state index contributed by atoms with van der Waals surface area (Å²) in [6.07, 6.45) is 4.84. The highest BCUT2D eigenvalue weighted by molar-refractivity contribution is 5.81. The molecule has 1 saturated carbocycles. The van der Waals surface area contributed by atoms with Gasteiger partial charge in [0.1, 0.15) is 0 Å². The second kappa shape index (κ2) is 4.97. The van der Waals surface area contributed by atoms with E-state index in [1.54, 1.807) is 0 Å². The Morgan fingerprint density at radius 1 is 1.53 bits per heavy atom. The van der Waals surface area contributed by atoms with Gasteiger partial charge in [-0.2, -0.15) is 0 Å². The van der Waals surface area contributed by atoms with E-state index >= 15 is 0 Å². The normalized spacial score (nSPS) is 34.9. The van der Waals surface area contributed by atoms with Crippen LogP contribution in [0.5, 0.6) is 0 Å². The molecule has 3 heteroatoms. The maximum Gasteiger partial charge on any atom is 0.223 e. The number of rotatable bonds is 4. The van der Waals surface area contributed by atoms with E-state index in [9.17, 15) is 4.79 Å². The molecule has 3 nitrogen and oxygen atoms in total. The number of amides is 1. The zero-order chi connectivity index (χ0) is 10.7. The number of hydrogen-bond acceptors (Lipinski definition) is 2. The SMILES string of the molecule is CC1CC1C(=O)NCCC1CCCNC1. The van der Waals surface area contributed by atoms with Crippen molar-refractivity contribution < 1.29 is 4.79 Å². The number of nitrogens with one attached hydrogen (secondary N) is 2. The predicted molar refractivity (Wildman–Crippen MR) is 60.5 cm³/mol. The van der Waals surface area contributed by atoms with Gasteiger partial charge in [-0.25, -0.2) is 0 Å². The maximum absolute atomic E-state index is 11.5. The van der Waals surface area contributed by atoms with E-state index in [2.05, 4.69) is 17.6 Å². The molecule has 2 fully saturated rings. The van der Waals surface area contributed by atoms with Gasteiger partial charge in [-0.05, 0) is 50.6 Å². The van der Waals surface area contributed by atoms with Crippen LogP contribution in [0.3, 0.4) is 0 Å². The van der Waals surface area contributed by atoms with Crippen molar-refractivity contribution in [3.05, 3.63) is 0 Å². The van der Waals surface area contributed by atoms with Gasteiger partial charge in [-0.3, -0.25) is 4.79 Å². The molecule has 0 aromatic heterocycles. The lowest BCUT2D eigenvalue weighted by Crippen LogP contribution is -2.33. The lowest BCUT2D eigenvalue weighted by atomic mass is 9.96. The Labute approximate surface area is 92.0 Å². The summed E-state index contributed by atoms with van der Waals surface area (Å²) in [5.74, 6) is 2.01. The third-order valence-corrected chi connectivity index (χ3v) is 3.70. The van der Waals surface area contributed by atoms with E-state index in [1.165, 1.54) is 19.4 Å². The summed E-state index contributed by atoms with van der Waals surface area (Å²) in [5, 5.41) is 6.46. The van der Waals surface area contributed by atoms with Gasteiger partial charge in [0.25, 0.3) is 0 Å². The molecule has 2 aliphatic rings. The van der Waals surface area contributed by atoms with Crippen LogP contribution in [0.4, 0.5) is 0 Å². The van der Waals surface area contributed by atoms with Gasteiger partial charge in [0, 0.05) is 12.5 Å². The van der Waals surface area contributed by atoms with Crippen LogP contribution in [0.15, 0.2) is 0 Å². The molecule has 86 valence electrons. The fraction of sp³-hybridized carbons (Fsp3) is 0.917. The molecular formula is C12H22N2O. The molecule has 2 rings (SSSR count). The third kappa shape index (κ3) is 3.20. The van der Waals surface area contributed by atoms with Gasteiger partial charge in [-0.15, -0.1) is 0 Å². The molecular weight excluding hydrogens is 188 g/mol. The summed E-state index contributed by atoms with van der Waals surface area (Å²) >= 11 is 0. The lowest BCUT2D eigenvalue weighted by Gasteiger charge is -2.22. The van der Waals surface area contributed by atoms with Crippen molar-refractivity contribution >= 4 is 5.91 Å². The summed E-state index contributed by atoms with van der Waals surface area (Å²) in [6, 6.07) is 0. The average molecular weight is 210 g/mol. The smallest absolute Gasteiger partial charge is 0.223 e. The Kier molecular flexibility index (Phi) is 3.62. The van der Waals surface area contributed by atoms with Gasteiger partial charge in [0.2, 0.25) is 5.91 Å². The van der Waals surface area contributed by atoms with Crippen molar-refractivity contribution in [2.24, 2.45) is 17.8 Å². The Bertz CT molecular complexity index is 224. The van der Waals surface area contributed by atoms with Crippen molar-refractivity contribution in [2.75, 3.05) is 19.6 Å². The van der Waals surface area contributed by atoms with Crippen LogP contribution >= 0.6 is 0 Å². The molecule has 0 aromatic rings. The number of carbonyl (C=O) groups excluding carboxylic acids is 1. The summed E-state index contributed by atoms with van der Waals surface area (Å²) in [7, 11) is 0. The summed E-state index contributed by atoms with van der Waals surface area (Å²) < 4.78 is 0. The molecule has 15 heavy (non-hydrogen) atoms. The standard InChI is InChI=1S/C12H22N2O/c1-9-7-11(9)12(15)14-6-4-10-3-2-5-13-8-10/h9-11,13H,2-8H2,1H3,(H,14,15). The highest BCUT2D eigenvalue weighted by Gasteiger charge is 2.38. The maximum atomic E-state index is 11.5. The van der Waals surface area contributed by atoms with Crippen molar-refractivity contribution in [1.29, 1.82) is 0 Å². The molecule has 0 radical (unpaired) electrons. The fourth-order valence-corrected chi connectivity index (χ4v) is 2.39. The highest BCUT2D eigenvalue weighted by Crippen LogP contribution is 2.37. The van der Waals surface area contributed by atoms with Crippen LogP contribution in [0, 0.1) is 17.8 Å². The molecule has 1 saturated heterocycles.